The summed E-state index contributed by atoms with van der Waals surface area (Å²) in [5.41, 5.74) is 3.40. The van der Waals surface area contributed by atoms with E-state index in [-0.39, 0.29) is 12.1 Å². The molecule has 0 spiro atoms. The van der Waals surface area contributed by atoms with Crippen molar-refractivity contribution in [1.29, 1.82) is 0 Å². The van der Waals surface area contributed by atoms with Crippen LogP contribution < -0.4 is 15.4 Å². The molecule has 0 radical (unpaired) electrons. The normalized spacial score (nSPS) is 17.4. The molecular formula is C27H23N3O3S. The van der Waals surface area contributed by atoms with Crippen molar-refractivity contribution >= 4 is 39.0 Å². The molecule has 2 aliphatic rings. The second-order valence-electron chi connectivity index (χ2n) is 8.73. The number of likely N-dealkylation sites (N-methyl/N-ethyl adjacent to an activating group) is 1. The van der Waals surface area contributed by atoms with Crippen LogP contribution in [-0.4, -0.2) is 30.4 Å². The van der Waals surface area contributed by atoms with E-state index in [4.69, 9.17) is 4.74 Å². The molecule has 1 aromatic heterocycles. The van der Waals surface area contributed by atoms with Crippen LogP contribution in [0.3, 0.4) is 0 Å². The number of amides is 1. The minimum Gasteiger partial charge on any atom is -0.423 e. The van der Waals surface area contributed by atoms with Gasteiger partial charge in [0, 0.05) is 18.0 Å². The van der Waals surface area contributed by atoms with Crippen LogP contribution in [0.4, 0.5) is 5.00 Å². The maximum absolute atomic E-state index is 12.9. The monoisotopic (exact) mass is 469 g/mol. The first-order chi connectivity index (χ1) is 16.6. The predicted octanol–water partition coefficient (Wildman–Crippen LogP) is 4.96. The molecule has 0 aliphatic carbocycles. The summed E-state index contributed by atoms with van der Waals surface area (Å²) in [5, 5.41) is 9.35. The topological polar surface area (TPSA) is 70.7 Å². The summed E-state index contributed by atoms with van der Waals surface area (Å²) < 4.78 is 5.64. The summed E-state index contributed by atoms with van der Waals surface area (Å²) in [5.74, 6) is 0.0267. The maximum Gasteiger partial charge on any atom is 0.344 e. The van der Waals surface area contributed by atoms with Crippen LogP contribution in [0.2, 0.25) is 0 Å². The number of esters is 1. The molecule has 0 saturated carbocycles. The van der Waals surface area contributed by atoms with E-state index in [0.717, 1.165) is 46.4 Å². The zero-order chi connectivity index (χ0) is 23.2. The number of thiophene rings is 1. The van der Waals surface area contributed by atoms with E-state index in [0.29, 0.717) is 11.3 Å². The fourth-order valence-electron chi connectivity index (χ4n) is 4.70. The summed E-state index contributed by atoms with van der Waals surface area (Å²) in [6.45, 7) is 1.84. The Hall–Kier alpha value is -3.68. The zero-order valence-corrected chi connectivity index (χ0v) is 19.4. The highest BCUT2D eigenvalue weighted by Crippen LogP contribution is 2.40. The van der Waals surface area contributed by atoms with Crippen molar-refractivity contribution in [1.82, 2.24) is 10.2 Å². The molecule has 0 fully saturated rings. The van der Waals surface area contributed by atoms with E-state index >= 15 is 0 Å². The molecule has 2 N–H and O–H groups in total. The van der Waals surface area contributed by atoms with Gasteiger partial charge in [-0.3, -0.25) is 4.79 Å². The third-order valence-electron chi connectivity index (χ3n) is 6.46. The van der Waals surface area contributed by atoms with Crippen LogP contribution in [0.15, 0.2) is 66.7 Å². The molecule has 0 unspecified atom stereocenters. The standard InChI is InChI=1S/C27H23N3O3S/c1-30-14-13-21-22(15-30)34-26-23(21)25(31)28-24(29-26)17-9-11-18(12-10-17)33-27(32)20-8-4-6-16-5-2-3-7-19(16)20/h2-12,24,29H,13-15H2,1H3,(H,28,31)/t24-/m1/s1. The summed E-state index contributed by atoms with van der Waals surface area (Å²) >= 11 is 1.67. The van der Waals surface area contributed by atoms with Gasteiger partial charge in [-0.2, -0.15) is 0 Å². The highest BCUT2D eigenvalue weighted by atomic mass is 32.1. The molecule has 2 aliphatic heterocycles. The molecule has 0 bridgehead atoms. The first-order valence-electron chi connectivity index (χ1n) is 11.3. The number of carbonyl (C=O) groups is 2. The van der Waals surface area contributed by atoms with Crippen molar-refractivity contribution in [3.05, 3.63) is 93.9 Å². The Morgan fingerprint density at radius 1 is 1.03 bits per heavy atom. The van der Waals surface area contributed by atoms with Crippen molar-refractivity contribution in [3.8, 4) is 5.75 Å². The van der Waals surface area contributed by atoms with E-state index in [2.05, 4.69) is 22.6 Å². The second-order valence-corrected chi connectivity index (χ2v) is 9.84. The lowest BCUT2D eigenvalue weighted by molar-refractivity contribution is 0.0736. The Balaban J connectivity index is 1.20. The second kappa shape index (κ2) is 8.27. The number of rotatable bonds is 3. The number of hydrogen-bond acceptors (Lipinski definition) is 6. The first kappa shape index (κ1) is 20.9. The van der Waals surface area contributed by atoms with Crippen LogP contribution >= 0.6 is 11.3 Å². The van der Waals surface area contributed by atoms with Crippen LogP contribution in [0.5, 0.6) is 5.75 Å². The van der Waals surface area contributed by atoms with Crippen LogP contribution in [-0.2, 0) is 13.0 Å². The van der Waals surface area contributed by atoms with E-state index in [9.17, 15) is 9.59 Å². The van der Waals surface area contributed by atoms with E-state index in [1.54, 1.807) is 29.5 Å². The van der Waals surface area contributed by atoms with Gasteiger partial charge in [0.1, 0.15) is 16.9 Å². The number of nitrogens with one attached hydrogen (secondary N) is 2. The minimum atomic E-state index is -0.396. The zero-order valence-electron chi connectivity index (χ0n) is 18.6. The van der Waals surface area contributed by atoms with Crippen LogP contribution in [0.25, 0.3) is 10.8 Å². The third kappa shape index (κ3) is 3.63. The molecule has 6 rings (SSSR count). The molecular weight excluding hydrogens is 446 g/mol. The Kier molecular flexibility index (Phi) is 5.08. The summed E-state index contributed by atoms with van der Waals surface area (Å²) in [7, 11) is 2.10. The molecule has 34 heavy (non-hydrogen) atoms. The lowest BCUT2D eigenvalue weighted by Crippen LogP contribution is -2.38. The fourth-order valence-corrected chi connectivity index (χ4v) is 6.06. The van der Waals surface area contributed by atoms with Crippen molar-refractivity contribution in [3.63, 3.8) is 0 Å². The Morgan fingerprint density at radius 3 is 2.68 bits per heavy atom. The largest absolute Gasteiger partial charge is 0.423 e. The van der Waals surface area contributed by atoms with E-state index in [1.165, 1.54) is 10.4 Å². The quantitative estimate of drug-likeness (QED) is 0.328. The van der Waals surface area contributed by atoms with Gasteiger partial charge in [0.05, 0.1) is 11.1 Å². The fraction of sp³-hybridized carbons (Fsp3) is 0.185. The number of fused-ring (bicyclic) bond motifs is 4. The van der Waals surface area contributed by atoms with Gasteiger partial charge in [-0.05, 0) is 53.6 Å². The van der Waals surface area contributed by atoms with E-state index in [1.807, 2.05) is 48.5 Å². The van der Waals surface area contributed by atoms with E-state index < -0.39 is 5.97 Å². The molecule has 1 amide bonds. The van der Waals surface area contributed by atoms with Gasteiger partial charge in [-0.25, -0.2) is 4.79 Å². The van der Waals surface area contributed by atoms with Crippen molar-refractivity contribution in [2.45, 2.75) is 19.1 Å². The van der Waals surface area contributed by atoms with Gasteiger partial charge < -0.3 is 20.3 Å². The van der Waals surface area contributed by atoms with Crippen LogP contribution in [0, 0.1) is 0 Å². The molecule has 7 heteroatoms. The minimum absolute atomic E-state index is 0.0349. The first-order valence-corrected chi connectivity index (χ1v) is 12.1. The van der Waals surface area contributed by atoms with Crippen molar-refractivity contribution < 1.29 is 14.3 Å². The number of carbonyl (C=O) groups excluding carboxylic acids is 2. The number of ether oxygens (including phenoxy) is 1. The average molecular weight is 470 g/mol. The lowest BCUT2D eigenvalue weighted by atomic mass is 10.0. The summed E-state index contributed by atoms with van der Waals surface area (Å²) in [6, 6.07) is 20.6. The molecule has 0 saturated heterocycles. The Labute approximate surface area is 201 Å². The highest BCUT2D eigenvalue weighted by molar-refractivity contribution is 7.16. The molecule has 170 valence electrons. The lowest BCUT2D eigenvalue weighted by Gasteiger charge is -2.27. The average Bonchev–Trinajstić information content (AvgIpc) is 3.22. The molecule has 3 aromatic carbocycles. The molecule has 4 aromatic rings. The number of anilines is 1. The highest BCUT2D eigenvalue weighted by Gasteiger charge is 2.32. The van der Waals surface area contributed by atoms with Gasteiger partial charge in [0.25, 0.3) is 5.91 Å². The van der Waals surface area contributed by atoms with Crippen molar-refractivity contribution in [2.75, 3.05) is 18.9 Å². The van der Waals surface area contributed by atoms with Gasteiger partial charge >= 0.3 is 5.97 Å². The third-order valence-corrected chi connectivity index (χ3v) is 7.61. The number of nitrogens with zero attached hydrogens (tertiary/aromatic N) is 1. The van der Waals surface area contributed by atoms with Gasteiger partial charge in [0.15, 0.2) is 0 Å². The van der Waals surface area contributed by atoms with Crippen LogP contribution in [0.1, 0.15) is 42.9 Å². The maximum atomic E-state index is 12.9. The van der Waals surface area contributed by atoms with Crippen molar-refractivity contribution in [2.24, 2.45) is 0 Å². The molecule has 6 nitrogen and oxygen atoms in total. The number of benzene rings is 3. The molecule has 1 atom stereocenters. The summed E-state index contributed by atoms with van der Waals surface area (Å²) in [6.07, 6.45) is 0.564. The number of hydrogen-bond donors (Lipinski definition) is 2. The summed E-state index contributed by atoms with van der Waals surface area (Å²) in [4.78, 5) is 29.3. The van der Waals surface area contributed by atoms with Gasteiger partial charge in [-0.1, -0.05) is 48.5 Å². The van der Waals surface area contributed by atoms with Gasteiger partial charge in [0.2, 0.25) is 0 Å². The molecule has 3 heterocycles. The smallest absolute Gasteiger partial charge is 0.344 e. The Bertz CT molecular complexity index is 1420. The Morgan fingerprint density at radius 2 is 1.82 bits per heavy atom. The van der Waals surface area contributed by atoms with Gasteiger partial charge in [-0.15, -0.1) is 11.3 Å². The SMILES string of the molecule is CN1CCc2c(sc3c2C(=O)N[C@@H](c2ccc(OC(=O)c4cccc5ccccc45)cc2)N3)C1. The predicted molar refractivity (Wildman–Crippen MR) is 134 cm³/mol.